The van der Waals surface area contributed by atoms with Gasteiger partial charge in [0.2, 0.25) is 5.88 Å². The van der Waals surface area contributed by atoms with Gasteiger partial charge in [0.15, 0.2) is 0 Å². The number of nitrogens with zero attached hydrogens (tertiary/aromatic N) is 2. The molecule has 0 aliphatic carbocycles. The van der Waals surface area contributed by atoms with Crippen molar-refractivity contribution in [2.75, 3.05) is 0 Å². The van der Waals surface area contributed by atoms with E-state index in [-0.39, 0.29) is 5.41 Å². The van der Waals surface area contributed by atoms with Crippen molar-refractivity contribution in [1.29, 1.82) is 5.26 Å². The average Bonchev–Trinajstić information content (AvgIpc) is 2.45. The Bertz CT molecular complexity index is 637. The van der Waals surface area contributed by atoms with Crippen LogP contribution in [0.5, 0.6) is 5.88 Å². The lowest BCUT2D eigenvalue weighted by Crippen LogP contribution is -2.11. The van der Waals surface area contributed by atoms with Crippen LogP contribution in [0.4, 0.5) is 0 Å². The van der Waals surface area contributed by atoms with E-state index in [1.807, 2.05) is 36.4 Å². The standard InChI is InChI=1S/C18H20N2O/c1-18(2,3)11-16-10-9-15(12-19)17(20-16)21-13-14-7-5-4-6-8-14/h4-10H,11,13H2,1-3H3. The average molecular weight is 280 g/mol. The van der Waals surface area contributed by atoms with Crippen molar-refractivity contribution >= 4 is 0 Å². The number of hydrogen-bond acceptors (Lipinski definition) is 3. The van der Waals surface area contributed by atoms with Crippen molar-refractivity contribution < 1.29 is 4.74 Å². The molecule has 2 rings (SSSR count). The SMILES string of the molecule is CC(C)(C)Cc1ccc(C#N)c(OCc2ccccc2)n1. The molecule has 1 aromatic carbocycles. The van der Waals surface area contributed by atoms with E-state index in [0.717, 1.165) is 17.7 Å². The summed E-state index contributed by atoms with van der Waals surface area (Å²) in [4.78, 5) is 4.50. The third-order valence-corrected chi connectivity index (χ3v) is 2.97. The van der Waals surface area contributed by atoms with E-state index >= 15 is 0 Å². The number of ether oxygens (including phenoxy) is 1. The van der Waals surface area contributed by atoms with Crippen LogP contribution in [-0.2, 0) is 13.0 Å². The molecular weight excluding hydrogens is 260 g/mol. The first-order chi connectivity index (χ1) is 9.98. The summed E-state index contributed by atoms with van der Waals surface area (Å²) in [5.74, 6) is 0.420. The third-order valence-electron chi connectivity index (χ3n) is 2.97. The van der Waals surface area contributed by atoms with Crippen molar-refractivity contribution in [3.05, 3.63) is 59.3 Å². The van der Waals surface area contributed by atoms with Crippen molar-refractivity contribution in [3.8, 4) is 11.9 Å². The van der Waals surface area contributed by atoms with Crippen LogP contribution in [0.2, 0.25) is 0 Å². The maximum absolute atomic E-state index is 9.17. The minimum Gasteiger partial charge on any atom is -0.472 e. The van der Waals surface area contributed by atoms with Gasteiger partial charge < -0.3 is 4.74 Å². The Balaban J connectivity index is 2.17. The fourth-order valence-corrected chi connectivity index (χ4v) is 2.04. The lowest BCUT2D eigenvalue weighted by molar-refractivity contribution is 0.290. The highest BCUT2D eigenvalue weighted by atomic mass is 16.5. The minimum atomic E-state index is 0.151. The number of hydrogen-bond donors (Lipinski definition) is 0. The maximum Gasteiger partial charge on any atom is 0.232 e. The molecule has 2 aromatic rings. The second-order valence-corrected chi connectivity index (χ2v) is 6.28. The molecular formula is C18H20N2O. The van der Waals surface area contributed by atoms with E-state index in [9.17, 15) is 0 Å². The molecule has 0 unspecified atom stereocenters. The summed E-state index contributed by atoms with van der Waals surface area (Å²) in [7, 11) is 0. The van der Waals surface area contributed by atoms with Gasteiger partial charge in [0.25, 0.3) is 0 Å². The van der Waals surface area contributed by atoms with Crippen molar-refractivity contribution in [2.45, 2.75) is 33.8 Å². The smallest absolute Gasteiger partial charge is 0.232 e. The van der Waals surface area contributed by atoms with E-state index in [0.29, 0.717) is 18.1 Å². The first-order valence-corrected chi connectivity index (χ1v) is 7.05. The van der Waals surface area contributed by atoms with Crippen molar-refractivity contribution in [1.82, 2.24) is 4.98 Å². The van der Waals surface area contributed by atoms with E-state index in [2.05, 4.69) is 31.8 Å². The largest absolute Gasteiger partial charge is 0.472 e. The highest BCUT2D eigenvalue weighted by Crippen LogP contribution is 2.23. The zero-order chi connectivity index (χ0) is 15.3. The molecule has 3 heteroatoms. The topological polar surface area (TPSA) is 45.9 Å². The molecule has 0 N–H and O–H groups in total. The summed E-state index contributed by atoms with van der Waals surface area (Å²) in [6.45, 7) is 6.91. The third kappa shape index (κ3) is 4.61. The number of pyridine rings is 1. The van der Waals surface area contributed by atoms with E-state index in [4.69, 9.17) is 10.00 Å². The zero-order valence-electron chi connectivity index (χ0n) is 12.8. The van der Waals surface area contributed by atoms with Gasteiger partial charge in [-0.2, -0.15) is 5.26 Å². The zero-order valence-corrected chi connectivity index (χ0v) is 12.8. The summed E-state index contributed by atoms with van der Waals surface area (Å²) >= 11 is 0. The molecule has 1 heterocycles. The van der Waals surface area contributed by atoms with Crippen LogP contribution in [0.25, 0.3) is 0 Å². The Morgan fingerprint density at radius 3 is 2.43 bits per heavy atom. The minimum absolute atomic E-state index is 0.151. The molecule has 0 aliphatic rings. The van der Waals surface area contributed by atoms with Gasteiger partial charge in [-0.1, -0.05) is 51.1 Å². The second-order valence-electron chi connectivity index (χ2n) is 6.28. The molecule has 21 heavy (non-hydrogen) atoms. The van der Waals surface area contributed by atoms with Crippen LogP contribution in [-0.4, -0.2) is 4.98 Å². The molecule has 0 spiro atoms. The predicted octanol–water partition coefficient (Wildman–Crippen LogP) is 4.12. The van der Waals surface area contributed by atoms with Gasteiger partial charge in [0.1, 0.15) is 18.2 Å². The fraction of sp³-hybridized carbons (Fsp3) is 0.333. The quantitative estimate of drug-likeness (QED) is 0.846. The Hall–Kier alpha value is -2.34. The van der Waals surface area contributed by atoms with Gasteiger partial charge >= 0.3 is 0 Å². The van der Waals surface area contributed by atoms with E-state index in [1.54, 1.807) is 6.07 Å². The van der Waals surface area contributed by atoms with E-state index < -0.39 is 0 Å². The van der Waals surface area contributed by atoms with Gasteiger partial charge in [-0.15, -0.1) is 0 Å². The highest BCUT2D eigenvalue weighted by molar-refractivity contribution is 5.39. The Kier molecular flexibility index (Phi) is 4.59. The lowest BCUT2D eigenvalue weighted by atomic mass is 9.90. The lowest BCUT2D eigenvalue weighted by Gasteiger charge is -2.18. The number of benzene rings is 1. The molecule has 0 radical (unpaired) electrons. The molecule has 0 amide bonds. The summed E-state index contributed by atoms with van der Waals surface area (Å²) in [5, 5.41) is 9.17. The van der Waals surface area contributed by atoms with Gasteiger partial charge in [-0.25, -0.2) is 4.98 Å². The Morgan fingerprint density at radius 2 is 1.81 bits per heavy atom. The summed E-state index contributed by atoms with van der Waals surface area (Å²) in [6, 6.07) is 15.7. The number of aromatic nitrogens is 1. The second kappa shape index (κ2) is 6.41. The molecule has 0 aliphatic heterocycles. The van der Waals surface area contributed by atoms with Crippen LogP contribution in [0.1, 0.15) is 37.6 Å². The normalized spacial score (nSPS) is 11.0. The molecule has 1 aromatic heterocycles. The summed E-state index contributed by atoms with van der Waals surface area (Å²) in [6.07, 6.45) is 0.848. The Labute approximate surface area is 126 Å². The van der Waals surface area contributed by atoms with Gasteiger partial charge in [-0.05, 0) is 29.5 Å². The van der Waals surface area contributed by atoms with Gasteiger partial charge in [0, 0.05) is 5.69 Å². The predicted molar refractivity (Wildman–Crippen MR) is 82.9 cm³/mol. The van der Waals surface area contributed by atoms with Crippen molar-refractivity contribution in [3.63, 3.8) is 0 Å². The highest BCUT2D eigenvalue weighted by Gasteiger charge is 2.14. The number of nitriles is 1. The fourth-order valence-electron chi connectivity index (χ4n) is 2.04. The Morgan fingerprint density at radius 1 is 1.10 bits per heavy atom. The van der Waals surface area contributed by atoms with E-state index in [1.165, 1.54) is 0 Å². The molecule has 3 nitrogen and oxygen atoms in total. The molecule has 0 bridgehead atoms. The van der Waals surface area contributed by atoms with Gasteiger partial charge in [0.05, 0.1) is 0 Å². The summed E-state index contributed by atoms with van der Waals surface area (Å²) < 4.78 is 5.74. The van der Waals surface area contributed by atoms with Crippen LogP contribution in [0.15, 0.2) is 42.5 Å². The van der Waals surface area contributed by atoms with Crippen LogP contribution in [0.3, 0.4) is 0 Å². The molecule has 0 saturated carbocycles. The maximum atomic E-state index is 9.17. The molecule has 108 valence electrons. The van der Waals surface area contributed by atoms with Crippen LogP contribution < -0.4 is 4.74 Å². The van der Waals surface area contributed by atoms with Crippen LogP contribution in [0, 0.1) is 16.7 Å². The van der Waals surface area contributed by atoms with Crippen LogP contribution >= 0.6 is 0 Å². The molecule has 0 saturated heterocycles. The van der Waals surface area contributed by atoms with Crippen molar-refractivity contribution in [2.24, 2.45) is 5.41 Å². The first-order valence-electron chi connectivity index (χ1n) is 7.05. The molecule has 0 atom stereocenters. The summed E-state index contributed by atoms with van der Waals surface area (Å²) in [5.41, 5.74) is 2.63. The first kappa shape index (κ1) is 15.1. The van der Waals surface area contributed by atoms with Gasteiger partial charge in [-0.3, -0.25) is 0 Å². The number of rotatable bonds is 4. The molecule has 0 fully saturated rings. The monoisotopic (exact) mass is 280 g/mol.